The summed E-state index contributed by atoms with van der Waals surface area (Å²) in [5.74, 6) is -0.426. The van der Waals surface area contributed by atoms with Gasteiger partial charge in [-0.05, 0) is 17.2 Å². The number of benzene rings is 2. The minimum Gasteiger partial charge on any atom is -0.478 e. The molecule has 104 valence electrons. The van der Waals surface area contributed by atoms with E-state index in [9.17, 15) is 4.79 Å². The Bertz CT molecular complexity index is 823. The third-order valence-corrected chi connectivity index (χ3v) is 3.46. The van der Waals surface area contributed by atoms with Crippen LogP contribution in [0.3, 0.4) is 0 Å². The molecule has 3 aromatic rings. The molecule has 0 aliphatic carbocycles. The molecule has 4 nitrogen and oxygen atoms in total. The number of nitrogens with zero attached hydrogens (tertiary/aromatic N) is 2. The number of rotatable bonds is 3. The van der Waals surface area contributed by atoms with Gasteiger partial charge in [-0.2, -0.15) is 0 Å². The molecule has 1 heterocycles. The van der Waals surface area contributed by atoms with Crippen molar-refractivity contribution in [2.24, 2.45) is 0 Å². The molecule has 0 fully saturated rings. The molecule has 0 aliphatic rings. The molecule has 2 aromatic carbocycles. The maximum atomic E-state index is 11.2. The minimum atomic E-state index is -0.990. The van der Waals surface area contributed by atoms with Crippen LogP contribution in [0.5, 0.6) is 0 Å². The third-order valence-electron chi connectivity index (χ3n) is 3.46. The van der Waals surface area contributed by atoms with Crippen molar-refractivity contribution in [2.75, 3.05) is 0 Å². The lowest BCUT2D eigenvalue weighted by Crippen LogP contribution is -2.06. The highest BCUT2D eigenvalue weighted by Crippen LogP contribution is 2.26. The quantitative estimate of drug-likeness (QED) is 0.795. The zero-order chi connectivity index (χ0) is 14.8. The number of aromatic nitrogens is 2. The summed E-state index contributed by atoms with van der Waals surface area (Å²) in [6.45, 7) is 1.89. The smallest absolute Gasteiger partial charge is 0.339 e. The fourth-order valence-electron chi connectivity index (χ4n) is 2.42. The molecule has 0 saturated heterocycles. The first-order valence-electron chi connectivity index (χ1n) is 6.78. The average molecular weight is 278 g/mol. The number of carboxylic acid groups (broad SMARTS) is 1. The Hall–Kier alpha value is -2.75. The number of carbonyl (C=O) groups is 1. The van der Waals surface area contributed by atoms with E-state index >= 15 is 0 Å². The van der Waals surface area contributed by atoms with Crippen LogP contribution in [0, 0.1) is 0 Å². The van der Waals surface area contributed by atoms with Crippen LogP contribution in [-0.2, 0) is 6.42 Å². The Balaban J connectivity index is 2.21. The van der Waals surface area contributed by atoms with Crippen molar-refractivity contribution in [3.05, 3.63) is 59.9 Å². The Morgan fingerprint density at radius 2 is 1.90 bits per heavy atom. The van der Waals surface area contributed by atoms with Gasteiger partial charge in [0.25, 0.3) is 0 Å². The summed E-state index contributed by atoms with van der Waals surface area (Å²) in [6.07, 6.45) is 1.95. The first-order chi connectivity index (χ1) is 10.2. The molecule has 3 rings (SSSR count). The van der Waals surface area contributed by atoms with E-state index in [2.05, 4.69) is 9.97 Å². The first-order valence-corrected chi connectivity index (χ1v) is 6.78. The Morgan fingerprint density at radius 3 is 2.67 bits per heavy atom. The van der Waals surface area contributed by atoms with Gasteiger partial charge in [0.2, 0.25) is 0 Å². The van der Waals surface area contributed by atoms with E-state index in [-0.39, 0.29) is 5.56 Å². The Labute approximate surface area is 122 Å². The maximum absolute atomic E-state index is 11.2. The number of fused-ring (bicyclic) bond motifs is 1. The van der Waals surface area contributed by atoms with Crippen LogP contribution in [0.4, 0.5) is 0 Å². The Kier molecular flexibility index (Phi) is 3.36. The highest BCUT2D eigenvalue weighted by molar-refractivity contribution is 5.95. The van der Waals surface area contributed by atoms with E-state index in [4.69, 9.17) is 5.11 Å². The van der Waals surface area contributed by atoms with Gasteiger partial charge in [0.1, 0.15) is 0 Å². The molecule has 0 radical (unpaired) electrons. The average Bonchev–Trinajstić information content (AvgIpc) is 2.53. The second kappa shape index (κ2) is 5.32. The molecule has 0 unspecified atom stereocenters. The van der Waals surface area contributed by atoms with Gasteiger partial charge in [-0.3, -0.25) is 0 Å². The van der Waals surface area contributed by atoms with Crippen LogP contribution >= 0.6 is 0 Å². The topological polar surface area (TPSA) is 63.1 Å². The van der Waals surface area contributed by atoms with Crippen molar-refractivity contribution in [2.45, 2.75) is 13.3 Å². The van der Waals surface area contributed by atoms with E-state index in [1.807, 2.05) is 49.4 Å². The zero-order valence-corrected chi connectivity index (χ0v) is 11.6. The van der Waals surface area contributed by atoms with Gasteiger partial charge < -0.3 is 5.11 Å². The van der Waals surface area contributed by atoms with Crippen LogP contribution in [0.15, 0.2) is 48.7 Å². The summed E-state index contributed by atoms with van der Waals surface area (Å²) in [4.78, 5) is 19.8. The van der Waals surface area contributed by atoms with E-state index < -0.39 is 5.97 Å². The lowest BCUT2D eigenvalue weighted by atomic mass is 10.0. The van der Waals surface area contributed by atoms with Crippen molar-refractivity contribution in [1.29, 1.82) is 0 Å². The van der Waals surface area contributed by atoms with Crippen LogP contribution < -0.4 is 0 Å². The molecule has 0 amide bonds. The molecule has 0 spiro atoms. The summed E-state index contributed by atoms with van der Waals surface area (Å²) < 4.78 is 0. The highest BCUT2D eigenvalue weighted by Gasteiger charge is 2.14. The predicted molar refractivity (Wildman–Crippen MR) is 81.3 cm³/mol. The van der Waals surface area contributed by atoms with Crippen LogP contribution in [0.25, 0.3) is 22.2 Å². The molecule has 0 bridgehead atoms. The SMILES string of the molecule is CCc1nc(-c2cccc3ccccc23)ncc1C(=O)O. The van der Waals surface area contributed by atoms with Gasteiger partial charge in [-0.25, -0.2) is 14.8 Å². The molecule has 0 atom stereocenters. The van der Waals surface area contributed by atoms with E-state index in [0.29, 0.717) is 17.9 Å². The summed E-state index contributed by atoms with van der Waals surface area (Å²) >= 11 is 0. The fraction of sp³-hybridized carbons (Fsp3) is 0.118. The summed E-state index contributed by atoms with van der Waals surface area (Å²) in [5, 5.41) is 11.3. The van der Waals surface area contributed by atoms with Crippen molar-refractivity contribution < 1.29 is 9.90 Å². The van der Waals surface area contributed by atoms with Gasteiger partial charge in [-0.1, -0.05) is 49.4 Å². The lowest BCUT2D eigenvalue weighted by Gasteiger charge is -2.08. The molecule has 4 heteroatoms. The Morgan fingerprint density at radius 1 is 1.14 bits per heavy atom. The van der Waals surface area contributed by atoms with Crippen molar-refractivity contribution >= 4 is 16.7 Å². The molecule has 0 saturated carbocycles. The van der Waals surface area contributed by atoms with Crippen LogP contribution in [0.1, 0.15) is 23.0 Å². The fourth-order valence-corrected chi connectivity index (χ4v) is 2.42. The second-order valence-electron chi connectivity index (χ2n) is 4.74. The van der Waals surface area contributed by atoms with Crippen molar-refractivity contribution in [1.82, 2.24) is 9.97 Å². The molecule has 1 aromatic heterocycles. The molecule has 0 aliphatic heterocycles. The number of aromatic carboxylic acids is 1. The van der Waals surface area contributed by atoms with E-state index in [1.54, 1.807) is 0 Å². The molecule has 21 heavy (non-hydrogen) atoms. The molecular weight excluding hydrogens is 264 g/mol. The lowest BCUT2D eigenvalue weighted by molar-refractivity contribution is 0.0694. The van der Waals surface area contributed by atoms with Crippen molar-refractivity contribution in [3.63, 3.8) is 0 Å². The van der Waals surface area contributed by atoms with Crippen molar-refractivity contribution in [3.8, 4) is 11.4 Å². The number of hydrogen-bond donors (Lipinski definition) is 1. The van der Waals surface area contributed by atoms with Crippen LogP contribution in [0.2, 0.25) is 0 Å². The van der Waals surface area contributed by atoms with Gasteiger partial charge >= 0.3 is 5.97 Å². The first kappa shape index (κ1) is 13.2. The molecule has 1 N–H and O–H groups in total. The minimum absolute atomic E-state index is 0.168. The number of carboxylic acids is 1. The zero-order valence-electron chi connectivity index (χ0n) is 11.6. The monoisotopic (exact) mass is 278 g/mol. The number of aryl methyl sites for hydroxylation is 1. The maximum Gasteiger partial charge on any atom is 0.339 e. The molecular formula is C17H14N2O2. The number of hydrogen-bond acceptors (Lipinski definition) is 3. The van der Waals surface area contributed by atoms with Gasteiger partial charge in [0, 0.05) is 11.8 Å². The summed E-state index contributed by atoms with van der Waals surface area (Å²) in [5.41, 5.74) is 1.64. The normalized spacial score (nSPS) is 10.7. The van der Waals surface area contributed by atoms with Crippen LogP contribution in [-0.4, -0.2) is 21.0 Å². The summed E-state index contributed by atoms with van der Waals surface area (Å²) in [7, 11) is 0. The van der Waals surface area contributed by atoms with Gasteiger partial charge in [-0.15, -0.1) is 0 Å². The van der Waals surface area contributed by atoms with E-state index in [1.165, 1.54) is 6.20 Å². The highest BCUT2D eigenvalue weighted by atomic mass is 16.4. The predicted octanol–water partition coefficient (Wildman–Crippen LogP) is 3.56. The third kappa shape index (κ3) is 2.36. The van der Waals surface area contributed by atoms with Gasteiger partial charge in [0.15, 0.2) is 5.82 Å². The standard InChI is InChI=1S/C17H14N2O2/c1-2-15-14(17(20)21)10-18-16(19-15)13-9-5-7-11-6-3-4-8-12(11)13/h3-10H,2H2,1H3,(H,20,21). The largest absolute Gasteiger partial charge is 0.478 e. The second-order valence-corrected chi connectivity index (χ2v) is 4.74. The summed E-state index contributed by atoms with van der Waals surface area (Å²) in [6, 6.07) is 14.0. The van der Waals surface area contributed by atoms with E-state index in [0.717, 1.165) is 16.3 Å². The van der Waals surface area contributed by atoms with Gasteiger partial charge in [0.05, 0.1) is 11.3 Å².